The van der Waals surface area contributed by atoms with Crippen LogP contribution in [0.15, 0.2) is 24.3 Å². The number of allylic oxidation sites excluding steroid dienone is 4. The fourth-order valence-corrected chi connectivity index (χ4v) is 1.82. The maximum Gasteiger partial charge on any atom is -0.0167 e. The molecule has 0 amide bonds. The zero-order valence-corrected chi connectivity index (χ0v) is 6.29. The Morgan fingerprint density at radius 1 is 1.10 bits per heavy atom. The van der Waals surface area contributed by atoms with Gasteiger partial charge < -0.3 is 0 Å². The van der Waals surface area contributed by atoms with Crippen LogP contribution in [0.25, 0.3) is 0 Å². The lowest BCUT2D eigenvalue weighted by molar-refractivity contribution is 0.242. The molecule has 0 bridgehead atoms. The second-order valence-corrected chi connectivity index (χ2v) is 3.40. The van der Waals surface area contributed by atoms with Crippen molar-refractivity contribution in [2.45, 2.75) is 25.7 Å². The average molecular weight is 134 g/mol. The maximum absolute atomic E-state index is 2.38. The van der Waals surface area contributed by atoms with E-state index in [-0.39, 0.29) is 0 Å². The Morgan fingerprint density at radius 2 is 2.00 bits per heavy atom. The second kappa shape index (κ2) is 2.61. The van der Waals surface area contributed by atoms with Gasteiger partial charge >= 0.3 is 0 Å². The van der Waals surface area contributed by atoms with Crippen molar-refractivity contribution in [3.05, 3.63) is 24.3 Å². The van der Waals surface area contributed by atoms with Crippen molar-refractivity contribution in [1.82, 2.24) is 0 Å². The van der Waals surface area contributed by atoms with Gasteiger partial charge in [-0.05, 0) is 31.1 Å². The molecular formula is C10H14. The molecule has 2 aliphatic rings. The molecule has 1 fully saturated rings. The fourth-order valence-electron chi connectivity index (χ4n) is 1.82. The van der Waals surface area contributed by atoms with Crippen molar-refractivity contribution in [2.24, 2.45) is 11.8 Å². The van der Waals surface area contributed by atoms with Gasteiger partial charge in [-0.15, -0.1) is 0 Å². The summed E-state index contributed by atoms with van der Waals surface area (Å²) in [5.41, 5.74) is 0. The first-order chi connectivity index (χ1) is 4.97. The highest BCUT2D eigenvalue weighted by Crippen LogP contribution is 2.36. The zero-order valence-electron chi connectivity index (χ0n) is 6.29. The summed E-state index contributed by atoms with van der Waals surface area (Å²) < 4.78 is 0. The van der Waals surface area contributed by atoms with Crippen LogP contribution in [0.4, 0.5) is 0 Å². The normalized spacial score (nSPS) is 32.2. The lowest BCUT2D eigenvalue weighted by Crippen LogP contribution is -2.20. The Morgan fingerprint density at radius 3 is 2.50 bits per heavy atom. The summed E-state index contributed by atoms with van der Waals surface area (Å²) in [6, 6.07) is 0. The van der Waals surface area contributed by atoms with Crippen molar-refractivity contribution in [2.75, 3.05) is 0 Å². The number of hydrogen-bond donors (Lipinski definition) is 0. The first kappa shape index (κ1) is 6.21. The molecule has 0 heterocycles. The third kappa shape index (κ3) is 1.03. The van der Waals surface area contributed by atoms with E-state index < -0.39 is 0 Å². The van der Waals surface area contributed by atoms with Gasteiger partial charge in [0, 0.05) is 0 Å². The lowest BCUT2D eigenvalue weighted by Gasteiger charge is -2.32. The van der Waals surface area contributed by atoms with Crippen molar-refractivity contribution in [3.63, 3.8) is 0 Å². The number of rotatable bonds is 1. The molecule has 10 heavy (non-hydrogen) atoms. The molecule has 0 spiro atoms. The summed E-state index contributed by atoms with van der Waals surface area (Å²) in [5, 5.41) is 0. The Bertz CT molecular complexity index is 161. The van der Waals surface area contributed by atoms with Gasteiger partial charge in [0.25, 0.3) is 0 Å². The Hall–Kier alpha value is -0.520. The van der Waals surface area contributed by atoms with Gasteiger partial charge in [0.05, 0.1) is 0 Å². The van der Waals surface area contributed by atoms with Crippen molar-refractivity contribution < 1.29 is 0 Å². The molecule has 2 aliphatic carbocycles. The minimum absolute atomic E-state index is 0.888. The highest BCUT2D eigenvalue weighted by Gasteiger charge is 2.24. The minimum Gasteiger partial charge on any atom is -0.0840 e. The van der Waals surface area contributed by atoms with Gasteiger partial charge in [0.1, 0.15) is 0 Å². The van der Waals surface area contributed by atoms with Crippen LogP contribution < -0.4 is 0 Å². The maximum atomic E-state index is 2.38. The monoisotopic (exact) mass is 134 g/mol. The highest BCUT2D eigenvalue weighted by molar-refractivity contribution is 5.12. The molecule has 2 rings (SSSR count). The summed E-state index contributed by atoms with van der Waals surface area (Å²) in [6.07, 6.45) is 14.8. The molecule has 0 radical (unpaired) electrons. The van der Waals surface area contributed by atoms with Gasteiger partial charge in [-0.25, -0.2) is 0 Å². The van der Waals surface area contributed by atoms with E-state index in [0.29, 0.717) is 0 Å². The van der Waals surface area contributed by atoms with E-state index in [0.717, 1.165) is 11.8 Å². The van der Waals surface area contributed by atoms with E-state index in [1.165, 1.54) is 25.7 Å². The summed E-state index contributed by atoms with van der Waals surface area (Å²) in [7, 11) is 0. The molecule has 54 valence electrons. The molecular weight excluding hydrogens is 120 g/mol. The van der Waals surface area contributed by atoms with E-state index in [1.807, 2.05) is 0 Å². The topological polar surface area (TPSA) is 0 Å². The van der Waals surface area contributed by atoms with Crippen LogP contribution in [-0.2, 0) is 0 Å². The summed E-state index contributed by atoms with van der Waals surface area (Å²) in [4.78, 5) is 0. The molecule has 0 aromatic heterocycles. The molecule has 0 N–H and O–H groups in total. The van der Waals surface area contributed by atoms with Crippen molar-refractivity contribution >= 4 is 0 Å². The molecule has 0 saturated heterocycles. The molecule has 0 aromatic rings. The van der Waals surface area contributed by atoms with Gasteiger partial charge in [-0.2, -0.15) is 0 Å². The van der Waals surface area contributed by atoms with Gasteiger partial charge in [-0.3, -0.25) is 0 Å². The van der Waals surface area contributed by atoms with Gasteiger partial charge in [-0.1, -0.05) is 30.7 Å². The lowest BCUT2D eigenvalue weighted by atomic mass is 9.74. The van der Waals surface area contributed by atoms with Crippen molar-refractivity contribution in [1.29, 1.82) is 0 Å². The summed E-state index contributed by atoms with van der Waals surface area (Å²) in [5.74, 6) is 1.92. The average Bonchev–Trinajstić information content (AvgIpc) is 1.86. The third-order valence-corrected chi connectivity index (χ3v) is 2.77. The Balaban J connectivity index is 1.92. The van der Waals surface area contributed by atoms with Gasteiger partial charge in [0.2, 0.25) is 0 Å². The molecule has 1 saturated carbocycles. The first-order valence-corrected chi connectivity index (χ1v) is 4.30. The van der Waals surface area contributed by atoms with Crippen LogP contribution in [0.1, 0.15) is 25.7 Å². The van der Waals surface area contributed by atoms with E-state index in [4.69, 9.17) is 0 Å². The van der Waals surface area contributed by atoms with Crippen LogP contribution in [0.5, 0.6) is 0 Å². The fraction of sp³-hybridized carbons (Fsp3) is 0.600. The SMILES string of the molecule is C1=CCC(C2CCC2)C=C1. The predicted octanol–water partition coefficient (Wildman–Crippen LogP) is 2.92. The molecule has 0 aliphatic heterocycles. The van der Waals surface area contributed by atoms with Crippen molar-refractivity contribution in [3.8, 4) is 0 Å². The summed E-state index contributed by atoms with van der Waals surface area (Å²) >= 11 is 0. The summed E-state index contributed by atoms with van der Waals surface area (Å²) in [6.45, 7) is 0. The van der Waals surface area contributed by atoms with Crippen LogP contribution in [0, 0.1) is 11.8 Å². The quantitative estimate of drug-likeness (QED) is 0.517. The molecule has 1 unspecified atom stereocenters. The zero-order chi connectivity index (χ0) is 6.81. The highest BCUT2D eigenvalue weighted by atomic mass is 14.3. The van der Waals surface area contributed by atoms with Gasteiger partial charge in [0.15, 0.2) is 0 Å². The largest absolute Gasteiger partial charge is 0.0840 e. The van der Waals surface area contributed by atoms with E-state index in [1.54, 1.807) is 0 Å². The Kier molecular flexibility index (Phi) is 1.62. The molecule has 1 atom stereocenters. The molecule has 0 aromatic carbocycles. The van der Waals surface area contributed by atoms with E-state index in [2.05, 4.69) is 24.3 Å². The van der Waals surface area contributed by atoms with Crippen LogP contribution in [-0.4, -0.2) is 0 Å². The first-order valence-electron chi connectivity index (χ1n) is 4.30. The van der Waals surface area contributed by atoms with Crippen LogP contribution in [0.3, 0.4) is 0 Å². The molecule has 0 heteroatoms. The van der Waals surface area contributed by atoms with Crippen LogP contribution in [0.2, 0.25) is 0 Å². The predicted molar refractivity (Wildman–Crippen MR) is 43.7 cm³/mol. The minimum atomic E-state index is 0.888. The van der Waals surface area contributed by atoms with E-state index in [9.17, 15) is 0 Å². The number of hydrogen-bond acceptors (Lipinski definition) is 0. The standard InChI is InChI=1S/C10H14/c1-2-5-9(6-3-1)10-7-4-8-10/h1-3,5,9-10H,4,6-8H2. The molecule has 0 nitrogen and oxygen atoms in total. The Labute approximate surface area is 62.6 Å². The second-order valence-electron chi connectivity index (χ2n) is 3.40. The smallest absolute Gasteiger partial charge is 0.0167 e. The third-order valence-electron chi connectivity index (χ3n) is 2.77. The van der Waals surface area contributed by atoms with E-state index >= 15 is 0 Å². The van der Waals surface area contributed by atoms with Crippen LogP contribution >= 0.6 is 0 Å².